The largest absolute Gasteiger partial charge is 0.455 e. The Bertz CT molecular complexity index is 1160. The zero-order chi connectivity index (χ0) is 19.7. The molecule has 0 saturated heterocycles. The second-order valence-corrected chi connectivity index (χ2v) is 7.42. The summed E-state index contributed by atoms with van der Waals surface area (Å²) in [4.78, 5) is 21.1. The van der Waals surface area contributed by atoms with Crippen LogP contribution in [0.4, 0.5) is 0 Å². The molecule has 4 rings (SSSR count). The normalized spacial score (nSPS) is 13.5. The van der Waals surface area contributed by atoms with E-state index in [2.05, 4.69) is 17.0 Å². The van der Waals surface area contributed by atoms with Crippen LogP contribution in [0, 0.1) is 0 Å². The molecule has 1 unspecified atom stereocenters. The Labute approximate surface area is 167 Å². The van der Waals surface area contributed by atoms with E-state index in [1.54, 1.807) is 6.07 Å². The molecule has 0 saturated carbocycles. The Morgan fingerprint density at radius 2 is 1.86 bits per heavy atom. The average molecular weight is 395 g/mol. The van der Waals surface area contributed by atoms with Crippen LogP contribution in [-0.4, -0.2) is 17.0 Å². The standard InChI is InChI=1S/C22H20ClN3O2/c1-14(21-24-19-6-4-3-5-18(19)22(27)25-21)26(2)13-17-11-12-20(28-17)15-7-9-16(23)10-8-15/h3-12,14H,13H2,1-2H3,(H,24,25,27)/p+1/t14-/m0/s1. The van der Waals surface area contributed by atoms with Crippen LogP contribution >= 0.6 is 11.6 Å². The van der Waals surface area contributed by atoms with E-state index in [1.807, 2.05) is 61.5 Å². The third-order valence-electron chi connectivity index (χ3n) is 5.02. The van der Waals surface area contributed by atoms with E-state index in [4.69, 9.17) is 16.0 Å². The summed E-state index contributed by atoms with van der Waals surface area (Å²) in [6, 6.07) is 18.9. The second-order valence-electron chi connectivity index (χ2n) is 6.99. The summed E-state index contributed by atoms with van der Waals surface area (Å²) in [6.07, 6.45) is 0. The van der Waals surface area contributed by atoms with Crippen molar-refractivity contribution < 1.29 is 9.32 Å². The minimum Gasteiger partial charge on any atom is -0.455 e. The second kappa shape index (κ2) is 7.62. The van der Waals surface area contributed by atoms with Crippen LogP contribution in [0.3, 0.4) is 0 Å². The number of nitrogens with one attached hydrogen (secondary N) is 2. The van der Waals surface area contributed by atoms with Crippen molar-refractivity contribution in [3.05, 3.63) is 87.6 Å². The predicted molar refractivity (Wildman–Crippen MR) is 111 cm³/mol. The van der Waals surface area contributed by atoms with Gasteiger partial charge >= 0.3 is 0 Å². The Balaban J connectivity index is 1.53. The van der Waals surface area contributed by atoms with E-state index >= 15 is 0 Å². The SMILES string of the molecule is C[C@@H](c1nc2ccccc2c(=O)[nH]1)[NH+](C)Cc1ccc(-c2ccc(Cl)cc2)o1. The lowest BCUT2D eigenvalue weighted by atomic mass is 10.2. The van der Waals surface area contributed by atoms with Crippen LogP contribution in [0.15, 0.2) is 69.9 Å². The lowest BCUT2D eigenvalue weighted by Crippen LogP contribution is -3.07. The molecule has 0 bridgehead atoms. The molecule has 0 fully saturated rings. The summed E-state index contributed by atoms with van der Waals surface area (Å²) in [6.45, 7) is 2.72. The summed E-state index contributed by atoms with van der Waals surface area (Å²) in [5.74, 6) is 2.35. The number of H-pyrrole nitrogens is 1. The minimum absolute atomic E-state index is 0.00129. The van der Waals surface area contributed by atoms with Crippen LogP contribution in [0.5, 0.6) is 0 Å². The molecule has 2 heterocycles. The highest BCUT2D eigenvalue weighted by Crippen LogP contribution is 2.23. The molecule has 6 heteroatoms. The van der Waals surface area contributed by atoms with Gasteiger partial charge in [0.25, 0.3) is 5.56 Å². The molecule has 2 atom stereocenters. The van der Waals surface area contributed by atoms with E-state index in [1.165, 1.54) is 0 Å². The Morgan fingerprint density at radius 1 is 1.11 bits per heavy atom. The monoisotopic (exact) mass is 394 g/mol. The van der Waals surface area contributed by atoms with Gasteiger partial charge in [-0.2, -0.15) is 0 Å². The van der Waals surface area contributed by atoms with Gasteiger partial charge in [-0.3, -0.25) is 4.79 Å². The van der Waals surface area contributed by atoms with Crippen molar-refractivity contribution in [2.75, 3.05) is 7.05 Å². The summed E-state index contributed by atoms with van der Waals surface area (Å²) >= 11 is 5.95. The number of rotatable bonds is 5. The third kappa shape index (κ3) is 3.72. The van der Waals surface area contributed by atoms with Gasteiger partial charge in [0.15, 0.2) is 11.6 Å². The van der Waals surface area contributed by atoms with Crippen molar-refractivity contribution in [3.63, 3.8) is 0 Å². The third-order valence-corrected chi connectivity index (χ3v) is 5.28. The molecule has 0 aliphatic carbocycles. The molecule has 142 valence electrons. The fraction of sp³-hybridized carbons (Fsp3) is 0.182. The number of fused-ring (bicyclic) bond motifs is 1. The molecule has 0 radical (unpaired) electrons. The molecule has 0 aliphatic rings. The van der Waals surface area contributed by atoms with Crippen molar-refractivity contribution in [2.24, 2.45) is 0 Å². The Morgan fingerprint density at radius 3 is 2.64 bits per heavy atom. The zero-order valence-corrected chi connectivity index (χ0v) is 16.5. The molecule has 4 aromatic rings. The van der Waals surface area contributed by atoms with Gasteiger partial charge in [-0.25, -0.2) is 4.98 Å². The van der Waals surface area contributed by atoms with Gasteiger partial charge < -0.3 is 14.3 Å². The van der Waals surface area contributed by atoms with Gasteiger partial charge in [0, 0.05) is 10.6 Å². The van der Waals surface area contributed by atoms with Crippen LogP contribution in [-0.2, 0) is 6.54 Å². The molecular formula is C22H21ClN3O2+. The number of furan rings is 1. The molecule has 2 N–H and O–H groups in total. The minimum atomic E-state index is -0.108. The molecule has 0 aliphatic heterocycles. The maximum absolute atomic E-state index is 12.3. The van der Waals surface area contributed by atoms with Crippen LogP contribution < -0.4 is 10.5 Å². The van der Waals surface area contributed by atoms with E-state index in [0.29, 0.717) is 28.3 Å². The fourth-order valence-electron chi connectivity index (χ4n) is 3.21. The van der Waals surface area contributed by atoms with Crippen molar-refractivity contribution in [1.82, 2.24) is 9.97 Å². The van der Waals surface area contributed by atoms with E-state index in [-0.39, 0.29) is 11.6 Å². The molecule has 0 amide bonds. The van der Waals surface area contributed by atoms with E-state index in [0.717, 1.165) is 22.0 Å². The van der Waals surface area contributed by atoms with Crippen molar-refractivity contribution in [1.29, 1.82) is 0 Å². The van der Waals surface area contributed by atoms with Crippen molar-refractivity contribution in [2.45, 2.75) is 19.5 Å². The molecular weight excluding hydrogens is 374 g/mol. The highest BCUT2D eigenvalue weighted by Gasteiger charge is 2.20. The maximum Gasteiger partial charge on any atom is 0.258 e. The number of aromatic amines is 1. The summed E-state index contributed by atoms with van der Waals surface area (Å²) in [7, 11) is 2.06. The molecule has 28 heavy (non-hydrogen) atoms. The Kier molecular flexibility index (Phi) is 5.03. The zero-order valence-electron chi connectivity index (χ0n) is 15.7. The van der Waals surface area contributed by atoms with Crippen LogP contribution in [0.2, 0.25) is 5.02 Å². The molecule has 2 aromatic carbocycles. The van der Waals surface area contributed by atoms with Crippen LogP contribution in [0.1, 0.15) is 24.6 Å². The first kappa shape index (κ1) is 18.5. The number of hydrogen-bond acceptors (Lipinski definition) is 3. The number of nitrogens with zero attached hydrogens (tertiary/aromatic N) is 1. The summed E-state index contributed by atoms with van der Waals surface area (Å²) < 4.78 is 6.00. The number of aromatic nitrogens is 2. The highest BCUT2D eigenvalue weighted by molar-refractivity contribution is 6.30. The number of hydrogen-bond donors (Lipinski definition) is 2. The van der Waals surface area contributed by atoms with Gasteiger partial charge in [0.1, 0.15) is 18.3 Å². The molecule has 0 spiro atoms. The number of quaternary nitrogens is 1. The first-order valence-corrected chi connectivity index (χ1v) is 9.55. The van der Waals surface area contributed by atoms with Gasteiger partial charge in [-0.1, -0.05) is 23.7 Å². The van der Waals surface area contributed by atoms with Crippen molar-refractivity contribution in [3.8, 4) is 11.3 Å². The number of benzene rings is 2. The predicted octanol–water partition coefficient (Wildman–Crippen LogP) is 3.61. The smallest absolute Gasteiger partial charge is 0.258 e. The quantitative estimate of drug-likeness (QED) is 0.543. The topological polar surface area (TPSA) is 63.3 Å². The molecule has 5 nitrogen and oxygen atoms in total. The van der Waals surface area contributed by atoms with Gasteiger partial charge in [0.2, 0.25) is 0 Å². The number of para-hydroxylation sites is 1. The van der Waals surface area contributed by atoms with Gasteiger partial charge in [-0.15, -0.1) is 0 Å². The van der Waals surface area contributed by atoms with Gasteiger partial charge in [0.05, 0.1) is 18.0 Å². The summed E-state index contributed by atoms with van der Waals surface area (Å²) in [5, 5.41) is 1.31. The Hall–Kier alpha value is -2.89. The first-order valence-electron chi connectivity index (χ1n) is 9.17. The van der Waals surface area contributed by atoms with E-state index in [9.17, 15) is 4.79 Å². The fourth-order valence-corrected chi connectivity index (χ4v) is 3.34. The first-order chi connectivity index (χ1) is 13.5. The maximum atomic E-state index is 12.3. The average Bonchev–Trinajstić information content (AvgIpc) is 3.16. The highest BCUT2D eigenvalue weighted by atomic mass is 35.5. The van der Waals surface area contributed by atoms with Crippen LogP contribution in [0.25, 0.3) is 22.2 Å². The lowest BCUT2D eigenvalue weighted by molar-refractivity contribution is -0.925. The summed E-state index contributed by atoms with van der Waals surface area (Å²) in [5.41, 5.74) is 1.59. The lowest BCUT2D eigenvalue weighted by Gasteiger charge is -2.20. The van der Waals surface area contributed by atoms with Gasteiger partial charge in [-0.05, 0) is 55.5 Å². The van der Waals surface area contributed by atoms with E-state index < -0.39 is 0 Å². The molecule has 2 aromatic heterocycles. The van der Waals surface area contributed by atoms with Crippen molar-refractivity contribution >= 4 is 22.5 Å². The number of halogens is 1.